The van der Waals surface area contributed by atoms with E-state index < -0.39 is 0 Å². The van der Waals surface area contributed by atoms with E-state index in [1.165, 1.54) is 0 Å². The third-order valence-electron chi connectivity index (χ3n) is 0.235. The van der Waals surface area contributed by atoms with Crippen LogP contribution < -0.4 is 0 Å². The number of rotatable bonds is 2. The fraction of sp³-hybridized carbons (Fsp3) is 0.250. The maximum absolute atomic E-state index is 4.69. The molecule has 0 bridgehead atoms. The van der Waals surface area contributed by atoms with E-state index in [4.69, 9.17) is 6.72 Å². The van der Waals surface area contributed by atoms with Crippen LogP contribution in [0.25, 0.3) is 0 Å². The Morgan fingerprint density at radius 1 is 2.00 bits per heavy atom. The maximum atomic E-state index is 4.69. The van der Waals surface area contributed by atoms with Gasteiger partial charge in [-0.1, -0.05) is 6.08 Å². The molecule has 27 valence electrons. The van der Waals surface area contributed by atoms with Gasteiger partial charge in [-0.05, 0) is 0 Å². The highest BCUT2D eigenvalue weighted by molar-refractivity contribution is 5.23. The van der Waals surface area contributed by atoms with Gasteiger partial charge in [-0.2, -0.15) is 0 Å². The Bertz CT molecular complexity index is 32.9. The molecule has 1 nitrogen and oxygen atoms in total. The molecule has 0 N–H and O–H groups in total. The van der Waals surface area contributed by atoms with Crippen LogP contribution in [0.4, 0.5) is 0 Å². The van der Waals surface area contributed by atoms with E-state index >= 15 is 0 Å². The molecule has 0 aromatic rings. The molecule has 0 aromatic heterocycles. The third-order valence-corrected chi connectivity index (χ3v) is 0.235. The lowest BCUT2D eigenvalue weighted by atomic mass is 10.7. The van der Waals surface area contributed by atoms with Gasteiger partial charge in [0.25, 0.3) is 0 Å². The SMILES string of the molecule is [CH]=NCC=C. The highest BCUT2D eigenvalue weighted by Gasteiger charge is 1.52. The highest BCUT2D eigenvalue weighted by atomic mass is 14.6. The van der Waals surface area contributed by atoms with Gasteiger partial charge >= 0.3 is 0 Å². The van der Waals surface area contributed by atoms with E-state index in [1.54, 1.807) is 6.08 Å². The molecule has 0 saturated carbocycles. The molecule has 0 heterocycles. The maximum Gasteiger partial charge on any atom is 0.0568 e. The average molecular weight is 68.1 g/mol. The van der Waals surface area contributed by atoms with E-state index in [1.807, 2.05) is 0 Å². The van der Waals surface area contributed by atoms with Crippen molar-refractivity contribution in [3.05, 3.63) is 12.7 Å². The molecule has 0 aromatic carbocycles. The highest BCUT2D eigenvalue weighted by Crippen LogP contribution is 1.59. The van der Waals surface area contributed by atoms with E-state index in [0.717, 1.165) is 0 Å². The summed E-state index contributed by atoms with van der Waals surface area (Å²) < 4.78 is 0. The van der Waals surface area contributed by atoms with Gasteiger partial charge in [-0.15, -0.1) is 6.58 Å². The Balaban J connectivity index is 2.65. The molecule has 1 heteroatoms. The molecule has 0 unspecified atom stereocenters. The van der Waals surface area contributed by atoms with Crippen molar-refractivity contribution in [2.24, 2.45) is 4.99 Å². The zero-order valence-electron chi connectivity index (χ0n) is 3.02. The summed E-state index contributed by atoms with van der Waals surface area (Å²) in [4.78, 5) is 3.24. The summed E-state index contributed by atoms with van der Waals surface area (Å²) in [6, 6.07) is 0. The Morgan fingerprint density at radius 3 is 2.60 bits per heavy atom. The second-order valence-electron chi connectivity index (χ2n) is 0.654. The van der Waals surface area contributed by atoms with Gasteiger partial charge in [0.1, 0.15) is 0 Å². The van der Waals surface area contributed by atoms with E-state index in [9.17, 15) is 0 Å². The Labute approximate surface area is 32.0 Å². The van der Waals surface area contributed by atoms with E-state index in [-0.39, 0.29) is 0 Å². The molecular formula is C4H6N. The van der Waals surface area contributed by atoms with Crippen molar-refractivity contribution in [2.45, 2.75) is 0 Å². The van der Waals surface area contributed by atoms with Gasteiger partial charge in [-0.25, -0.2) is 0 Å². The van der Waals surface area contributed by atoms with Crippen molar-refractivity contribution in [2.75, 3.05) is 6.54 Å². The molecule has 0 amide bonds. The second kappa shape index (κ2) is 3.41. The zero-order chi connectivity index (χ0) is 4.12. The molecular weight excluding hydrogens is 62.1 g/mol. The van der Waals surface area contributed by atoms with Gasteiger partial charge in [-0.3, -0.25) is 4.99 Å². The third kappa shape index (κ3) is 3.41. The van der Waals surface area contributed by atoms with Gasteiger partial charge in [0, 0.05) is 6.72 Å². The lowest BCUT2D eigenvalue weighted by Crippen LogP contribution is -1.60. The summed E-state index contributed by atoms with van der Waals surface area (Å²) in [5, 5.41) is 0. The van der Waals surface area contributed by atoms with Crippen LogP contribution in [-0.4, -0.2) is 13.3 Å². The van der Waals surface area contributed by atoms with E-state index in [2.05, 4.69) is 11.6 Å². The first-order chi connectivity index (χ1) is 2.41. The van der Waals surface area contributed by atoms with Gasteiger partial charge in [0.15, 0.2) is 0 Å². The normalized spacial score (nSPS) is 6.40. The molecule has 0 aliphatic rings. The Morgan fingerprint density at radius 2 is 2.60 bits per heavy atom. The predicted molar refractivity (Wildman–Crippen MR) is 23.6 cm³/mol. The number of nitrogens with zero attached hydrogens (tertiary/aromatic N) is 1. The number of hydrogen-bond donors (Lipinski definition) is 0. The molecule has 1 radical (unpaired) electrons. The molecule has 5 heavy (non-hydrogen) atoms. The van der Waals surface area contributed by atoms with Gasteiger partial charge in [0.05, 0.1) is 6.54 Å². The minimum atomic E-state index is 0.556. The van der Waals surface area contributed by atoms with Crippen molar-refractivity contribution >= 4 is 6.72 Å². The molecule has 0 atom stereocenters. The number of aliphatic imine (C=N–C) groups is 1. The molecule has 0 aliphatic carbocycles. The minimum absolute atomic E-state index is 0.556. The summed E-state index contributed by atoms with van der Waals surface area (Å²) >= 11 is 0. The minimum Gasteiger partial charge on any atom is -0.287 e. The fourth-order valence-corrected chi connectivity index (χ4v) is 0.0745. The largest absolute Gasteiger partial charge is 0.287 e. The van der Waals surface area contributed by atoms with Crippen LogP contribution in [-0.2, 0) is 0 Å². The first kappa shape index (κ1) is 4.41. The Hall–Kier alpha value is -0.590. The summed E-state index contributed by atoms with van der Waals surface area (Å²) in [5.74, 6) is 0. The van der Waals surface area contributed by atoms with Crippen LogP contribution in [0.3, 0.4) is 0 Å². The van der Waals surface area contributed by atoms with Crippen molar-refractivity contribution in [3.8, 4) is 0 Å². The number of hydrogen-bond acceptors (Lipinski definition) is 1. The summed E-state index contributed by atoms with van der Waals surface area (Å²) in [6.45, 7) is 8.62. The first-order valence-electron chi connectivity index (χ1n) is 1.39. The Kier molecular flexibility index (Phi) is 3.01. The monoisotopic (exact) mass is 68.1 g/mol. The van der Waals surface area contributed by atoms with Crippen LogP contribution >= 0.6 is 0 Å². The van der Waals surface area contributed by atoms with Crippen molar-refractivity contribution in [1.82, 2.24) is 0 Å². The first-order valence-corrected chi connectivity index (χ1v) is 1.39. The predicted octanol–water partition coefficient (Wildman–Crippen LogP) is 0.750. The summed E-state index contributed by atoms with van der Waals surface area (Å²) in [7, 11) is 0. The molecule has 0 fully saturated rings. The molecule has 0 aliphatic heterocycles. The second-order valence-corrected chi connectivity index (χ2v) is 0.654. The van der Waals surface area contributed by atoms with Gasteiger partial charge in [0.2, 0.25) is 0 Å². The van der Waals surface area contributed by atoms with Crippen molar-refractivity contribution in [3.63, 3.8) is 0 Å². The summed E-state index contributed by atoms with van der Waals surface area (Å²) in [5.41, 5.74) is 0. The lowest BCUT2D eigenvalue weighted by Gasteiger charge is -1.66. The fourth-order valence-electron chi connectivity index (χ4n) is 0.0745. The quantitative estimate of drug-likeness (QED) is 0.334. The van der Waals surface area contributed by atoms with E-state index in [0.29, 0.717) is 6.54 Å². The standard InChI is InChI=1S/C4H6N/c1-3-4-5-2/h2-3H,1,4H2. The molecule has 0 spiro atoms. The lowest BCUT2D eigenvalue weighted by molar-refractivity contribution is 1.28. The molecule has 0 rings (SSSR count). The molecule has 0 saturated heterocycles. The van der Waals surface area contributed by atoms with Crippen LogP contribution in [0.2, 0.25) is 0 Å². The van der Waals surface area contributed by atoms with Crippen molar-refractivity contribution < 1.29 is 0 Å². The smallest absolute Gasteiger partial charge is 0.0568 e. The van der Waals surface area contributed by atoms with Crippen LogP contribution in [0.15, 0.2) is 17.6 Å². The average Bonchev–Trinajstić information content (AvgIpc) is 1.41. The van der Waals surface area contributed by atoms with Crippen molar-refractivity contribution in [1.29, 1.82) is 0 Å². The van der Waals surface area contributed by atoms with Crippen LogP contribution in [0.5, 0.6) is 0 Å². The topological polar surface area (TPSA) is 12.4 Å². The van der Waals surface area contributed by atoms with Crippen LogP contribution in [0, 0.1) is 0 Å². The zero-order valence-corrected chi connectivity index (χ0v) is 3.02. The van der Waals surface area contributed by atoms with Gasteiger partial charge < -0.3 is 0 Å². The summed E-state index contributed by atoms with van der Waals surface area (Å²) in [6.07, 6.45) is 1.64. The van der Waals surface area contributed by atoms with Crippen LogP contribution in [0.1, 0.15) is 0 Å².